The summed E-state index contributed by atoms with van der Waals surface area (Å²) >= 11 is 7.66. The molecule has 0 bridgehead atoms. The zero-order valence-electron chi connectivity index (χ0n) is 19.7. The van der Waals surface area contributed by atoms with Crippen molar-refractivity contribution in [2.75, 3.05) is 0 Å². The summed E-state index contributed by atoms with van der Waals surface area (Å²) in [4.78, 5) is 25.4. The van der Waals surface area contributed by atoms with Crippen molar-refractivity contribution < 1.29 is 19.1 Å². The Labute approximate surface area is 222 Å². The Balaban J connectivity index is 1.15. The molecule has 1 aromatic heterocycles. The van der Waals surface area contributed by atoms with E-state index < -0.39 is 12.1 Å². The molecule has 8 heteroatoms. The van der Waals surface area contributed by atoms with Crippen LogP contribution >= 0.6 is 22.9 Å². The van der Waals surface area contributed by atoms with Crippen molar-refractivity contribution in [2.24, 2.45) is 5.10 Å². The van der Waals surface area contributed by atoms with E-state index in [9.17, 15) is 9.59 Å². The van der Waals surface area contributed by atoms with Gasteiger partial charge in [-0.1, -0.05) is 60.1 Å². The van der Waals surface area contributed by atoms with E-state index in [1.807, 2.05) is 66.7 Å². The third kappa shape index (κ3) is 5.63. The normalized spacial score (nSPS) is 12.1. The molecule has 1 amide bonds. The highest BCUT2D eigenvalue weighted by atomic mass is 35.5. The summed E-state index contributed by atoms with van der Waals surface area (Å²) in [5.41, 5.74) is 3.19. The van der Waals surface area contributed by atoms with Gasteiger partial charge in [0.25, 0.3) is 5.91 Å². The second-order valence-electron chi connectivity index (χ2n) is 8.20. The first-order chi connectivity index (χ1) is 18.0. The van der Waals surface area contributed by atoms with Crippen LogP contribution < -0.4 is 14.9 Å². The summed E-state index contributed by atoms with van der Waals surface area (Å²) in [6, 6.07) is 27.9. The number of hydrogen-bond donors (Lipinski definition) is 1. The summed E-state index contributed by atoms with van der Waals surface area (Å²) in [6.07, 6.45) is 0.760. The molecule has 0 spiro atoms. The molecule has 6 nitrogen and oxygen atoms in total. The quantitative estimate of drug-likeness (QED) is 0.108. The summed E-state index contributed by atoms with van der Waals surface area (Å²) in [5.74, 6) is 0.0833. The standard InChI is InChI=1S/C29H21ClN2O4S/c1-18(35-23-15-12-20-6-2-3-7-21(20)16-23)28(33)32-31-17-19-10-13-22(14-11-19)36-29(34)27-26(30)24-8-4-5-9-25(24)37-27/h2-18H,1H3,(H,32,33)/b31-17-/t18-/m1/s1. The molecule has 37 heavy (non-hydrogen) atoms. The number of fused-ring (bicyclic) bond motifs is 2. The van der Waals surface area contributed by atoms with Crippen molar-refractivity contribution in [2.45, 2.75) is 13.0 Å². The van der Waals surface area contributed by atoms with E-state index in [-0.39, 0.29) is 5.91 Å². The Morgan fingerprint density at radius 1 is 0.919 bits per heavy atom. The van der Waals surface area contributed by atoms with E-state index in [4.69, 9.17) is 21.1 Å². The number of esters is 1. The molecule has 0 aliphatic rings. The maximum Gasteiger partial charge on any atom is 0.355 e. The van der Waals surface area contributed by atoms with Gasteiger partial charge in [-0.05, 0) is 65.7 Å². The van der Waals surface area contributed by atoms with Gasteiger partial charge >= 0.3 is 5.97 Å². The highest BCUT2D eigenvalue weighted by Gasteiger charge is 2.19. The molecule has 0 saturated carbocycles. The first kappa shape index (κ1) is 24.5. The van der Waals surface area contributed by atoms with Crippen molar-refractivity contribution in [1.82, 2.24) is 5.43 Å². The van der Waals surface area contributed by atoms with Crippen molar-refractivity contribution >= 4 is 61.9 Å². The largest absolute Gasteiger partial charge is 0.481 e. The summed E-state index contributed by atoms with van der Waals surface area (Å²) in [7, 11) is 0. The average molecular weight is 529 g/mol. The van der Waals surface area contributed by atoms with Gasteiger partial charge < -0.3 is 9.47 Å². The van der Waals surface area contributed by atoms with Crippen LogP contribution in [0.4, 0.5) is 0 Å². The number of benzene rings is 4. The van der Waals surface area contributed by atoms with Crippen LogP contribution in [-0.2, 0) is 4.79 Å². The van der Waals surface area contributed by atoms with E-state index >= 15 is 0 Å². The van der Waals surface area contributed by atoms with Gasteiger partial charge in [-0.15, -0.1) is 11.3 Å². The minimum Gasteiger partial charge on any atom is -0.481 e. The van der Waals surface area contributed by atoms with Gasteiger partial charge in [-0.3, -0.25) is 4.79 Å². The molecule has 5 rings (SSSR count). The molecule has 0 fully saturated rings. The lowest BCUT2D eigenvalue weighted by molar-refractivity contribution is -0.127. The molecular weight excluding hydrogens is 508 g/mol. The van der Waals surface area contributed by atoms with Crippen LogP contribution in [0.15, 0.2) is 96.1 Å². The number of nitrogens with one attached hydrogen (secondary N) is 1. The van der Waals surface area contributed by atoms with Crippen LogP contribution in [0.25, 0.3) is 20.9 Å². The smallest absolute Gasteiger partial charge is 0.355 e. The third-order valence-electron chi connectivity index (χ3n) is 5.60. The minimum absolute atomic E-state index is 0.358. The second kappa shape index (κ2) is 10.8. The van der Waals surface area contributed by atoms with Crippen LogP contribution in [0.2, 0.25) is 5.02 Å². The van der Waals surface area contributed by atoms with Crippen molar-refractivity contribution in [3.05, 3.63) is 106 Å². The molecule has 1 N–H and O–H groups in total. The minimum atomic E-state index is -0.735. The maximum atomic E-state index is 12.6. The van der Waals surface area contributed by atoms with Gasteiger partial charge in [0.2, 0.25) is 0 Å². The second-order valence-corrected chi connectivity index (χ2v) is 9.63. The first-order valence-corrected chi connectivity index (χ1v) is 12.6. The lowest BCUT2D eigenvalue weighted by Crippen LogP contribution is -2.33. The number of halogens is 1. The molecule has 1 atom stereocenters. The maximum absolute atomic E-state index is 12.6. The van der Waals surface area contributed by atoms with Gasteiger partial charge in [0.15, 0.2) is 6.10 Å². The summed E-state index contributed by atoms with van der Waals surface area (Å²) in [5, 5.41) is 7.35. The van der Waals surface area contributed by atoms with Crippen molar-refractivity contribution in [1.29, 1.82) is 0 Å². The number of thiophene rings is 1. The molecule has 184 valence electrons. The van der Waals surface area contributed by atoms with E-state index in [2.05, 4.69) is 10.5 Å². The van der Waals surface area contributed by atoms with Gasteiger partial charge in [0, 0.05) is 10.1 Å². The third-order valence-corrected chi connectivity index (χ3v) is 7.26. The summed E-state index contributed by atoms with van der Waals surface area (Å²) < 4.78 is 12.2. The highest BCUT2D eigenvalue weighted by Crippen LogP contribution is 2.35. The number of carbonyl (C=O) groups is 2. The Hall–Kier alpha value is -4.20. The van der Waals surface area contributed by atoms with E-state index in [1.165, 1.54) is 17.6 Å². The Kier molecular flexibility index (Phi) is 7.16. The lowest BCUT2D eigenvalue weighted by Gasteiger charge is -2.13. The molecule has 4 aromatic carbocycles. The van der Waals surface area contributed by atoms with Crippen molar-refractivity contribution in [3.8, 4) is 11.5 Å². The Morgan fingerprint density at radius 3 is 2.41 bits per heavy atom. The fraction of sp³-hybridized carbons (Fsp3) is 0.0690. The van der Waals surface area contributed by atoms with Crippen LogP contribution in [0, 0.1) is 0 Å². The number of amides is 1. The van der Waals surface area contributed by atoms with E-state index in [1.54, 1.807) is 31.2 Å². The van der Waals surface area contributed by atoms with Crippen LogP contribution in [-0.4, -0.2) is 24.2 Å². The molecular formula is C29H21ClN2O4S. The number of carbonyl (C=O) groups excluding carboxylic acids is 2. The molecule has 0 unspecified atom stereocenters. The zero-order chi connectivity index (χ0) is 25.8. The monoisotopic (exact) mass is 528 g/mol. The lowest BCUT2D eigenvalue weighted by atomic mass is 10.1. The number of ether oxygens (including phenoxy) is 2. The highest BCUT2D eigenvalue weighted by molar-refractivity contribution is 7.21. The van der Waals surface area contributed by atoms with E-state index in [0.29, 0.717) is 27.0 Å². The Morgan fingerprint density at radius 2 is 1.62 bits per heavy atom. The molecule has 0 saturated heterocycles. The fourth-order valence-corrected chi connectivity index (χ4v) is 5.07. The topological polar surface area (TPSA) is 77.0 Å². The predicted molar refractivity (Wildman–Crippen MR) is 148 cm³/mol. The molecule has 1 heterocycles. The number of hydrazone groups is 1. The predicted octanol–water partition coefficient (Wildman–Crippen LogP) is 6.84. The van der Waals surface area contributed by atoms with Gasteiger partial charge in [0.05, 0.1) is 11.2 Å². The van der Waals surface area contributed by atoms with Crippen LogP contribution in [0.5, 0.6) is 11.5 Å². The first-order valence-electron chi connectivity index (χ1n) is 11.5. The van der Waals surface area contributed by atoms with Crippen LogP contribution in [0.1, 0.15) is 22.2 Å². The number of nitrogens with zero attached hydrogens (tertiary/aromatic N) is 1. The van der Waals surface area contributed by atoms with Crippen molar-refractivity contribution in [3.63, 3.8) is 0 Å². The molecule has 5 aromatic rings. The molecule has 0 aliphatic carbocycles. The zero-order valence-corrected chi connectivity index (χ0v) is 21.3. The van der Waals surface area contributed by atoms with E-state index in [0.717, 1.165) is 20.9 Å². The fourth-order valence-electron chi connectivity index (χ4n) is 3.68. The number of hydrogen-bond acceptors (Lipinski definition) is 6. The average Bonchev–Trinajstić information content (AvgIpc) is 3.26. The molecule has 0 aliphatic heterocycles. The summed E-state index contributed by atoms with van der Waals surface area (Å²) in [6.45, 7) is 1.66. The Bertz CT molecular complexity index is 1630. The van der Waals surface area contributed by atoms with Gasteiger partial charge in [0.1, 0.15) is 16.4 Å². The number of rotatable bonds is 7. The SMILES string of the molecule is C[C@@H](Oc1ccc2ccccc2c1)C(=O)N/N=C\c1ccc(OC(=O)c2sc3ccccc3c2Cl)cc1. The van der Waals surface area contributed by atoms with Crippen LogP contribution in [0.3, 0.4) is 0 Å². The van der Waals surface area contributed by atoms with Gasteiger partial charge in [-0.25, -0.2) is 10.2 Å². The molecule has 0 radical (unpaired) electrons. The van der Waals surface area contributed by atoms with Gasteiger partial charge in [-0.2, -0.15) is 5.10 Å².